The van der Waals surface area contributed by atoms with Crippen molar-refractivity contribution >= 4 is 50.7 Å². The van der Waals surface area contributed by atoms with Crippen LogP contribution in [0.5, 0.6) is 0 Å². The minimum absolute atomic E-state index is 0.00735. The van der Waals surface area contributed by atoms with E-state index in [4.69, 9.17) is 11.6 Å². The molecule has 24 heavy (non-hydrogen) atoms. The number of hydrogen-bond acceptors (Lipinski definition) is 2. The van der Waals surface area contributed by atoms with Gasteiger partial charge < -0.3 is 0 Å². The van der Waals surface area contributed by atoms with Gasteiger partial charge in [0.05, 0.1) is 0 Å². The van der Waals surface area contributed by atoms with E-state index in [0.717, 1.165) is 31.1 Å². The molecule has 0 atom stereocenters. The molecule has 0 spiro atoms. The maximum absolute atomic E-state index is 12.4. The fourth-order valence-corrected chi connectivity index (χ4v) is 3.80. The average Bonchev–Trinajstić information content (AvgIpc) is 3.00. The number of allylic oxidation sites excluding steroid dienone is 1. The van der Waals surface area contributed by atoms with E-state index in [9.17, 15) is 4.79 Å². The summed E-state index contributed by atoms with van der Waals surface area (Å²) in [5.74, 6) is -0.00735. The Hall–Kier alpha value is -1.68. The summed E-state index contributed by atoms with van der Waals surface area (Å²) in [7, 11) is 0. The number of halogens is 2. The van der Waals surface area contributed by atoms with Crippen molar-refractivity contribution in [3.63, 3.8) is 0 Å². The molecule has 0 N–H and O–H groups in total. The summed E-state index contributed by atoms with van der Waals surface area (Å²) in [6.45, 7) is 1.97. The molecule has 0 aliphatic carbocycles. The number of ketones is 1. The van der Waals surface area contributed by atoms with Crippen molar-refractivity contribution < 1.29 is 4.79 Å². The second-order valence-electron chi connectivity index (χ2n) is 5.41. The topological polar surface area (TPSA) is 17.1 Å². The predicted molar refractivity (Wildman–Crippen MR) is 107 cm³/mol. The third kappa shape index (κ3) is 4.04. The van der Waals surface area contributed by atoms with Crippen molar-refractivity contribution in [2.45, 2.75) is 6.92 Å². The molecule has 0 saturated heterocycles. The lowest BCUT2D eigenvalue weighted by molar-refractivity contribution is 0.104. The van der Waals surface area contributed by atoms with E-state index >= 15 is 0 Å². The van der Waals surface area contributed by atoms with Gasteiger partial charge in [0.15, 0.2) is 5.78 Å². The Kier molecular flexibility index (Phi) is 5.34. The number of benzene rings is 2. The molecular formula is C20H14BrClOS. The Morgan fingerprint density at radius 2 is 1.92 bits per heavy atom. The second-order valence-corrected chi connectivity index (χ2v) is 7.68. The molecular weight excluding hydrogens is 404 g/mol. The van der Waals surface area contributed by atoms with Gasteiger partial charge in [0, 0.05) is 25.3 Å². The smallest absolute Gasteiger partial charge is 0.185 e. The highest BCUT2D eigenvalue weighted by Gasteiger charge is 2.06. The van der Waals surface area contributed by atoms with Crippen molar-refractivity contribution in [2.24, 2.45) is 0 Å². The highest BCUT2D eigenvalue weighted by molar-refractivity contribution is 9.10. The summed E-state index contributed by atoms with van der Waals surface area (Å²) < 4.78 is 1.03. The lowest BCUT2D eigenvalue weighted by Gasteiger charge is -2.06. The number of rotatable bonds is 4. The molecule has 0 amide bonds. The van der Waals surface area contributed by atoms with Gasteiger partial charge in [-0.25, -0.2) is 0 Å². The van der Waals surface area contributed by atoms with Gasteiger partial charge in [-0.15, -0.1) is 11.3 Å². The van der Waals surface area contributed by atoms with Gasteiger partial charge in [-0.3, -0.25) is 4.79 Å². The van der Waals surface area contributed by atoms with Gasteiger partial charge in [-0.1, -0.05) is 35.9 Å². The first-order valence-electron chi connectivity index (χ1n) is 7.36. The van der Waals surface area contributed by atoms with Crippen molar-refractivity contribution in [3.05, 3.63) is 85.5 Å². The van der Waals surface area contributed by atoms with Crippen molar-refractivity contribution in [3.8, 4) is 11.1 Å². The second kappa shape index (κ2) is 7.47. The lowest BCUT2D eigenvalue weighted by atomic mass is 10.00. The van der Waals surface area contributed by atoms with Crippen LogP contribution in [0.4, 0.5) is 0 Å². The SMILES string of the molecule is Cc1cc(-c2cccc(C(=O)/C=C/c3cc(Br)cs3)c2)ccc1Cl. The molecule has 0 saturated carbocycles. The van der Waals surface area contributed by atoms with Crippen LogP contribution >= 0.6 is 38.9 Å². The van der Waals surface area contributed by atoms with Crippen LogP contribution in [0.15, 0.2) is 64.5 Å². The fourth-order valence-electron chi connectivity index (χ4n) is 2.35. The van der Waals surface area contributed by atoms with E-state index in [2.05, 4.69) is 15.9 Å². The quantitative estimate of drug-likeness (QED) is 0.329. The maximum Gasteiger partial charge on any atom is 0.185 e. The minimum Gasteiger partial charge on any atom is -0.289 e. The molecule has 0 aliphatic rings. The number of hydrogen-bond donors (Lipinski definition) is 0. The molecule has 2 aromatic carbocycles. The van der Waals surface area contributed by atoms with Gasteiger partial charge in [0.25, 0.3) is 0 Å². The van der Waals surface area contributed by atoms with E-state index < -0.39 is 0 Å². The number of aryl methyl sites for hydroxylation is 1. The van der Waals surface area contributed by atoms with Crippen LogP contribution in [0.3, 0.4) is 0 Å². The molecule has 1 heterocycles. The zero-order valence-electron chi connectivity index (χ0n) is 12.9. The van der Waals surface area contributed by atoms with Crippen LogP contribution in [-0.2, 0) is 0 Å². The van der Waals surface area contributed by atoms with E-state index in [-0.39, 0.29) is 5.78 Å². The monoisotopic (exact) mass is 416 g/mol. The summed E-state index contributed by atoms with van der Waals surface area (Å²) in [6.07, 6.45) is 3.46. The molecule has 0 bridgehead atoms. The van der Waals surface area contributed by atoms with Crippen LogP contribution < -0.4 is 0 Å². The third-order valence-electron chi connectivity index (χ3n) is 3.63. The first-order chi connectivity index (χ1) is 11.5. The molecule has 0 aliphatic heterocycles. The molecule has 4 heteroatoms. The normalized spacial score (nSPS) is 11.1. The number of carbonyl (C=O) groups is 1. The minimum atomic E-state index is -0.00735. The zero-order chi connectivity index (χ0) is 17.1. The molecule has 120 valence electrons. The highest BCUT2D eigenvalue weighted by Crippen LogP contribution is 2.26. The largest absolute Gasteiger partial charge is 0.289 e. The van der Waals surface area contributed by atoms with E-state index in [1.807, 2.05) is 66.9 Å². The van der Waals surface area contributed by atoms with Crippen LogP contribution in [0.2, 0.25) is 5.02 Å². The summed E-state index contributed by atoms with van der Waals surface area (Å²) >= 11 is 11.1. The van der Waals surface area contributed by atoms with Crippen molar-refractivity contribution in [1.29, 1.82) is 0 Å². The Labute approximate surface area is 158 Å². The predicted octanol–water partition coefficient (Wildman–Crippen LogP) is 7.04. The third-order valence-corrected chi connectivity index (χ3v) is 5.71. The van der Waals surface area contributed by atoms with Gasteiger partial charge in [-0.05, 0) is 76.0 Å². The Morgan fingerprint density at radius 1 is 1.12 bits per heavy atom. The summed E-state index contributed by atoms with van der Waals surface area (Å²) in [4.78, 5) is 13.5. The molecule has 0 radical (unpaired) electrons. The van der Waals surface area contributed by atoms with Gasteiger partial charge in [-0.2, -0.15) is 0 Å². The molecule has 0 fully saturated rings. The van der Waals surface area contributed by atoms with Gasteiger partial charge in [0.1, 0.15) is 0 Å². The Balaban J connectivity index is 1.85. The molecule has 3 rings (SSSR count). The molecule has 3 aromatic rings. The summed E-state index contributed by atoms with van der Waals surface area (Å²) in [5.41, 5.74) is 3.76. The van der Waals surface area contributed by atoms with Crippen LogP contribution in [-0.4, -0.2) is 5.78 Å². The summed E-state index contributed by atoms with van der Waals surface area (Å²) in [6, 6.07) is 15.5. The van der Waals surface area contributed by atoms with E-state index in [1.54, 1.807) is 17.4 Å². The van der Waals surface area contributed by atoms with E-state index in [1.165, 1.54) is 0 Å². The van der Waals surface area contributed by atoms with Gasteiger partial charge >= 0.3 is 0 Å². The molecule has 1 aromatic heterocycles. The summed E-state index contributed by atoms with van der Waals surface area (Å²) in [5, 5.41) is 2.74. The standard InChI is InChI=1S/C20H14BrClOS/c1-13-9-15(5-7-19(13)22)14-3-2-4-16(10-14)20(23)8-6-18-11-17(21)12-24-18/h2-12H,1H3/b8-6+. The fraction of sp³-hybridized carbons (Fsp3) is 0.0500. The van der Waals surface area contributed by atoms with Crippen LogP contribution in [0.25, 0.3) is 17.2 Å². The zero-order valence-corrected chi connectivity index (χ0v) is 16.1. The first-order valence-corrected chi connectivity index (χ1v) is 9.41. The number of carbonyl (C=O) groups excluding carboxylic acids is 1. The maximum atomic E-state index is 12.4. The van der Waals surface area contributed by atoms with Gasteiger partial charge in [0.2, 0.25) is 0 Å². The highest BCUT2D eigenvalue weighted by atomic mass is 79.9. The Bertz CT molecular complexity index is 927. The van der Waals surface area contributed by atoms with Crippen LogP contribution in [0, 0.1) is 6.92 Å². The van der Waals surface area contributed by atoms with Crippen molar-refractivity contribution in [1.82, 2.24) is 0 Å². The van der Waals surface area contributed by atoms with Crippen molar-refractivity contribution in [2.75, 3.05) is 0 Å². The van der Waals surface area contributed by atoms with E-state index in [0.29, 0.717) is 5.56 Å². The first kappa shape index (κ1) is 17.2. The Morgan fingerprint density at radius 3 is 2.62 bits per heavy atom. The number of thiophene rings is 1. The average molecular weight is 418 g/mol. The van der Waals surface area contributed by atoms with Crippen LogP contribution in [0.1, 0.15) is 20.8 Å². The molecule has 1 nitrogen and oxygen atoms in total. The lowest BCUT2D eigenvalue weighted by Crippen LogP contribution is -1.94. The molecule has 0 unspecified atom stereocenters.